The molecule has 4 aliphatic rings. The van der Waals surface area contributed by atoms with E-state index in [0.29, 0.717) is 23.3 Å². The first-order chi connectivity index (χ1) is 18.1. The fraction of sp³-hybridized carbons (Fsp3) is 0.567. The van der Waals surface area contributed by atoms with Crippen LogP contribution >= 0.6 is 0 Å². The monoisotopic (exact) mass is 517 g/mol. The van der Waals surface area contributed by atoms with Crippen molar-refractivity contribution in [2.24, 2.45) is 23.2 Å². The standard InChI is InChI=1S/C30H40BN3O4/c1-19(2)14-26(31-37-25-16-22-15-24(29(22,3)4)30(25,5)38-31)34-27(35)17-23(20-10-7-6-8-11-20)33-28(36)21-12-9-13-32-18-21/h6-13,18-19,22-26H,14-17H2,1-5H3,(H,33,36)(H,34,35)/t22-,23?,24-,25-,26+,30+/m1/s1. The number of hydrogen-bond acceptors (Lipinski definition) is 5. The van der Waals surface area contributed by atoms with Gasteiger partial charge < -0.3 is 19.9 Å². The summed E-state index contributed by atoms with van der Waals surface area (Å²) in [5.74, 6) is 0.803. The van der Waals surface area contributed by atoms with Crippen LogP contribution in [0.3, 0.4) is 0 Å². The number of pyridine rings is 1. The van der Waals surface area contributed by atoms with E-state index >= 15 is 0 Å². The fourth-order valence-electron chi connectivity index (χ4n) is 6.94. The average molecular weight is 517 g/mol. The van der Waals surface area contributed by atoms with Crippen molar-refractivity contribution < 1.29 is 18.9 Å². The van der Waals surface area contributed by atoms with E-state index in [9.17, 15) is 9.59 Å². The van der Waals surface area contributed by atoms with E-state index in [2.05, 4.69) is 50.2 Å². The molecular weight excluding hydrogens is 477 g/mol. The lowest BCUT2D eigenvalue weighted by Gasteiger charge is -2.64. The molecule has 3 aliphatic carbocycles. The number of carbonyl (C=O) groups is 2. The molecule has 8 heteroatoms. The molecule has 1 aliphatic heterocycles. The largest absolute Gasteiger partial charge is 0.481 e. The molecule has 0 radical (unpaired) electrons. The van der Waals surface area contributed by atoms with E-state index in [4.69, 9.17) is 9.31 Å². The minimum atomic E-state index is -0.484. The van der Waals surface area contributed by atoms with Crippen molar-refractivity contribution in [3.05, 3.63) is 66.0 Å². The van der Waals surface area contributed by atoms with Gasteiger partial charge in [-0.3, -0.25) is 14.6 Å². The molecule has 38 heavy (non-hydrogen) atoms. The smallest absolute Gasteiger partial charge is 0.404 e. The zero-order valence-corrected chi connectivity index (χ0v) is 23.1. The topological polar surface area (TPSA) is 89.6 Å². The SMILES string of the molecule is CC(C)C[C@H](NC(=O)CC(NC(=O)c1cccnc1)c1ccccc1)B1O[C@@H]2C[C@H]3C[C@H](C3(C)C)[C@]2(C)O1. The Bertz CT molecular complexity index is 1140. The number of hydrogen-bond donors (Lipinski definition) is 2. The Labute approximate surface area is 226 Å². The van der Waals surface area contributed by atoms with Crippen molar-refractivity contribution >= 4 is 18.9 Å². The van der Waals surface area contributed by atoms with E-state index in [1.165, 1.54) is 12.6 Å². The second-order valence-electron chi connectivity index (χ2n) is 12.5. The predicted molar refractivity (Wildman–Crippen MR) is 147 cm³/mol. The summed E-state index contributed by atoms with van der Waals surface area (Å²) in [6.45, 7) is 11.2. The molecule has 3 saturated carbocycles. The van der Waals surface area contributed by atoms with Crippen molar-refractivity contribution in [2.45, 2.75) is 84.0 Å². The van der Waals surface area contributed by atoms with E-state index < -0.39 is 13.2 Å². The quantitative estimate of drug-likeness (QED) is 0.469. The summed E-state index contributed by atoms with van der Waals surface area (Å²) in [6, 6.07) is 12.5. The maximum atomic E-state index is 13.5. The molecule has 7 nitrogen and oxygen atoms in total. The van der Waals surface area contributed by atoms with Gasteiger partial charge in [0.2, 0.25) is 5.91 Å². The molecule has 6 atom stereocenters. The molecule has 6 rings (SSSR count). The Morgan fingerprint density at radius 3 is 2.50 bits per heavy atom. The van der Waals surface area contributed by atoms with Crippen LogP contribution in [-0.4, -0.2) is 41.6 Å². The molecule has 1 aromatic carbocycles. The molecule has 4 fully saturated rings. The lowest BCUT2D eigenvalue weighted by molar-refractivity contribution is -0.199. The van der Waals surface area contributed by atoms with Crippen LogP contribution in [0, 0.1) is 23.2 Å². The molecule has 2 aromatic rings. The van der Waals surface area contributed by atoms with Crippen molar-refractivity contribution in [3.63, 3.8) is 0 Å². The molecule has 1 saturated heterocycles. The van der Waals surface area contributed by atoms with Gasteiger partial charge in [0.15, 0.2) is 0 Å². The number of rotatable bonds is 9. The first-order valence-corrected chi connectivity index (χ1v) is 14.0. The highest BCUT2D eigenvalue weighted by Gasteiger charge is 2.68. The Morgan fingerprint density at radius 1 is 1.08 bits per heavy atom. The number of aromatic nitrogens is 1. The molecule has 0 spiro atoms. The normalized spacial score (nSPS) is 28.7. The summed E-state index contributed by atoms with van der Waals surface area (Å²) < 4.78 is 13.2. The van der Waals surface area contributed by atoms with Gasteiger partial charge in [0.1, 0.15) is 0 Å². The van der Waals surface area contributed by atoms with Crippen LogP contribution in [0.1, 0.15) is 82.3 Å². The van der Waals surface area contributed by atoms with Gasteiger partial charge in [-0.1, -0.05) is 58.0 Å². The molecule has 2 heterocycles. The lowest BCUT2D eigenvalue weighted by atomic mass is 9.43. The van der Waals surface area contributed by atoms with Crippen molar-refractivity contribution in [1.29, 1.82) is 0 Å². The average Bonchev–Trinajstić information content (AvgIpc) is 3.26. The van der Waals surface area contributed by atoms with E-state index in [0.717, 1.165) is 18.4 Å². The zero-order valence-electron chi connectivity index (χ0n) is 23.1. The number of benzene rings is 1. The Morgan fingerprint density at radius 2 is 1.84 bits per heavy atom. The number of nitrogens with zero attached hydrogens (tertiary/aromatic N) is 1. The second kappa shape index (κ2) is 10.5. The summed E-state index contributed by atoms with van der Waals surface area (Å²) in [6.07, 6.45) is 6.26. The highest BCUT2D eigenvalue weighted by Crippen LogP contribution is 2.65. The summed E-state index contributed by atoms with van der Waals surface area (Å²) in [5.41, 5.74) is 1.26. The van der Waals surface area contributed by atoms with Gasteiger partial charge in [0.25, 0.3) is 5.91 Å². The van der Waals surface area contributed by atoms with Crippen LogP contribution < -0.4 is 10.6 Å². The molecule has 2 amide bonds. The zero-order chi connectivity index (χ0) is 27.1. The molecule has 1 unspecified atom stereocenters. The van der Waals surface area contributed by atoms with Crippen LogP contribution in [0.25, 0.3) is 0 Å². The van der Waals surface area contributed by atoms with E-state index in [1.807, 2.05) is 30.3 Å². The van der Waals surface area contributed by atoms with Gasteiger partial charge in [0.05, 0.1) is 35.7 Å². The van der Waals surface area contributed by atoms with Gasteiger partial charge in [-0.25, -0.2) is 0 Å². The maximum absolute atomic E-state index is 13.5. The summed E-state index contributed by atoms with van der Waals surface area (Å²) in [4.78, 5) is 30.5. The van der Waals surface area contributed by atoms with Crippen molar-refractivity contribution in [3.8, 4) is 0 Å². The third kappa shape index (κ3) is 5.13. The molecule has 2 N–H and O–H groups in total. The Balaban J connectivity index is 1.29. The van der Waals surface area contributed by atoms with Gasteiger partial charge in [-0.15, -0.1) is 0 Å². The lowest BCUT2D eigenvalue weighted by Crippen LogP contribution is -2.65. The Kier molecular flexibility index (Phi) is 7.40. The number of carbonyl (C=O) groups excluding carboxylic acids is 2. The first-order valence-electron chi connectivity index (χ1n) is 14.0. The molecule has 202 valence electrons. The van der Waals surface area contributed by atoms with Gasteiger partial charge in [-0.05, 0) is 67.1 Å². The summed E-state index contributed by atoms with van der Waals surface area (Å²) in [5, 5.41) is 6.26. The van der Waals surface area contributed by atoms with Crippen LogP contribution in [-0.2, 0) is 14.1 Å². The van der Waals surface area contributed by atoms with Crippen LogP contribution in [0.5, 0.6) is 0 Å². The highest BCUT2D eigenvalue weighted by molar-refractivity contribution is 6.47. The molecule has 1 aromatic heterocycles. The van der Waals surface area contributed by atoms with E-state index in [1.54, 1.807) is 18.3 Å². The third-order valence-corrected chi connectivity index (χ3v) is 9.19. The number of nitrogens with one attached hydrogen (secondary N) is 2. The maximum Gasteiger partial charge on any atom is 0.481 e. The second-order valence-corrected chi connectivity index (χ2v) is 12.5. The Hall–Kier alpha value is -2.71. The van der Waals surface area contributed by atoms with Crippen LogP contribution in [0.4, 0.5) is 0 Å². The van der Waals surface area contributed by atoms with Gasteiger partial charge in [-0.2, -0.15) is 0 Å². The van der Waals surface area contributed by atoms with Crippen LogP contribution in [0.2, 0.25) is 0 Å². The van der Waals surface area contributed by atoms with Gasteiger partial charge in [0, 0.05) is 12.4 Å². The van der Waals surface area contributed by atoms with Gasteiger partial charge >= 0.3 is 7.12 Å². The van der Waals surface area contributed by atoms with Crippen molar-refractivity contribution in [2.75, 3.05) is 0 Å². The van der Waals surface area contributed by atoms with E-state index in [-0.39, 0.29) is 41.3 Å². The van der Waals surface area contributed by atoms with Crippen LogP contribution in [0.15, 0.2) is 54.9 Å². The van der Waals surface area contributed by atoms with Crippen molar-refractivity contribution in [1.82, 2.24) is 15.6 Å². The third-order valence-electron chi connectivity index (χ3n) is 9.19. The molecule has 2 bridgehead atoms. The minimum absolute atomic E-state index is 0.0617. The highest BCUT2D eigenvalue weighted by atomic mass is 16.7. The predicted octanol–water partition coefficient (Wildman–Crippen LogP) is 4.74. The number of amides is 2. The molecular formula is C30H40BN3O4. The summed E-state index contributed by atoms with van der Waals surface area (Å²) >= 11 is 0. The first kappa shape index (κ1) is 26.9. The summed E-state index contributed by atoms with van der Waals surface area (Å²) in [7, 11) is -0.480. The minimum Gasteiger partial charge on any atom is -0.404 e. The fourth-order valence-corrected chi connectivity index (χ4v) is 6.94.